The number of hydrogen-bond acceptors (Lipinski definition) is 3. The number of esters is 1. The van der Waals surface area contributed by atoms with E-state index in [2.05, 4.69) is 15.9 Å². The SMILES string of the molecule is CCOC(=O)CCCOc1ccc(Cl)cc1Br. The van der Waals surface area contributed by atoms with E-state index < -0.39 is 0 Å². The summed E-state index contributed by atoms with van der Waals surface area (Å²) in [6, 6.07) is 5.31. The zero-order chi connectivity index (χ0) is 12.7. The Balaban J connectivity index is 2.29. The summed E-state index contributed by atoms with van der Waals surface area (Å²) in [5.74, 6) is 0.532. The molecule has 0 aromatic heterocycles. The molecule has 0 saturated heterocycles. The lowest BCUT2D eigenvalue weighted by Gasteiger charge is -2.08. The lowest BCUT2D eigenvalue weighted by atomic mass is 10.3. The highest BCUT2D eigenvalue weighted by molar-refractivity contribution is 9.10. The predicted octanol–water partition coefficient (Wildman–Crippen LogP) is 3.82. The zero-order valence-electron chi connectivity index (χ0n) is 9.54. The number of ether oxygens (including phenoxy) is 2. The van der Waals surface area contributed by atoms with Crippen molar-refractivity contribution in [3.63, 3.8) is 0 Å². The minimum Gasteiger partial charge on any atom is -0.492 e. The molecule has 1 rings (SSSR count). The van der Waals surface area contributed by atoms with Gasteiger partial charge in [-0.3, -0.25) is 4.79 Å². The third kappa shape index (κ3) is 5.41. The number of benzene rings is 1. The molecule has 0 amide bonds. The molecule has 1 aromatic rings. The fourth-order valence-electron chi connectivity index (χ4n) is 1.22. The lowest BCUT2D eigenvalue weighted by molar-refractivity contribution is -0.143. The summed E-state index contributed by atoms with van der Waals surface area (Å²) < 4.78 is 11.1. The van der Waals surface area contributed by atoms with Crippen LogP contribution in [0, 0.1) is 0 Å². The Labute approximate surface area is 114 Å². The Morgan fingerprint density at radius 2 is 2.24 bits per heavy atom. The summed E-state index contributed by atoms with van der Waals surface area (Å²) in [4.78, 5) is 11.1. The van der Waals surface area contributed by atoms with Crippen molar-refractivity contribution in [2.75, 3.05) is 13.2 Å². The van der Waals surface area contributed by atoms with Gasteiger partial charge in [-0.1, -0.05) is 11.6 Å². The van der Waals surface area contributed by atoms with Crippen LogP contribution in [0.3, 0.4) is 0 Å². The second-order valence-electron chi connectivity index (χ2n) is 3.33. The molecule has 17 heavy (non-hydrogen) atoms. The van der Waals surface area contributed by atoms with Gasteiger partial charge in [0.1, 0.15) is 5.75 Å². The average molecular weight is 322 g/mol. The molecule has 1 aromatic carbocycles. The van der Waals surface area contributed by atoms with E-state index in [9.17, 15) is 4.79 Å². The van der Waals surface area contributed by atoms with Crippen molar-refractivity contribution in [1.29, 1.82) is 0 Å². The van der Waals surface area contributed by atoms with Gasteiger partial charge in [0.25, 0.3) is 0 Å². The van der Waals surface area contributed by atoms with E-state index in [0.717, 1.165) is 10.2 Å². The summed E-state index contributed by atoms with van der Waals surface area (Å²) >= 11 is 9.16. The molecule has 0 spiro atoms. The normalized spacial score (nSPS) is 10.1. The molecule has 0 aliphatic carbocycles. The number of rotatable bonds is 6. The Bertz CT molecular complexity index is 382. The number of halogens is 2. The van der Waals surface area contributed by atoms with E-state index in [1.165, 1.54) is 0 Å². The van der Waals surface area contributed by atoms with Crippen molar-refractivity contribution in [3.8, 4) is 5.75 Å². The smallest absolute Gasteiger partial charge is 0.305 e. The largest absolute Gasteiger partial charge is 0.492 e. The Morgan fingerprint density at radius 1 is 1.47 bits per heavy atom. The third-order valence-corrected chi connectivity index (χ3v) is 2.84. The zero-order valence-corrected chi connectivity index (χ0v) is 11.9. The average Bonchev–Trinajstić information content (AvgIpc) is 2.27. The molecule has 5 heteroatoms. The van der Waals surface area contributed by atoms with Gasteiger partial charge in [0.15, 0.2) is 0 Å². The molecule has 0 saturated carbocycles. The minimum atomic E-state index is -0.189. The summed E-state index contributed by atoms with van der Waals surface area (Å²) in [7, 11) is 0. The van der Waals surface area contributed by atoms with Gasteiger partial charge in [0.2, 0.25) is 0 Å². The van der Waals surface area contributed by atoms with Gasteiger partial charge in [-0.2, -0.15) is 0 Å². The Morgan fingerprint density at radius 3 is 2.88 bits per heavy atom. The van der Waals surface area contributed by atoms with Gasteiger partial charge in [-0.15, -0.1) is 0 Å². The van der Waals surface area contributed by atoms with Crippen molar-refractivity contribution in [1.82, 2.24) is 0 Å². The van der Waals surface area contributed by atoms with Crippen molar-refractivity contribution >= 4 is 33.5 Å². The monoisotopic (exact) mass is 320 g/mol. The Kier molecular flexibility index (Phi) is 6.37. The fourth-order valence-corrected chi connectivity index (χ4v) is 2.02. The van der Waals surface area contributed by atoms with Gasteiger partial charge in [0.05, 0.1) is 17.7 Å². The van der Waals surface area contributed by atoms with Crippen molar-refractivity contribution in [2.45, 2.75) is 19.8 Å². The maximum absolute atomic E-state index is 11.1. The van der Waals surface area contributed by atoms with Crippen molar-refractivity contribution < 1.29 is 14.3 Å². The standard InChI is InChI=1S/C12H14BrClO3/c1-2-16-12(15)4-3-7-17-11-6-5-9(14)8-10(11)13/h5-6,8H,2-4,7H2,1H3. The first-order valence-electron chi connectivity index (χ1n) is 5.37. The summed E-state index contributed by atoms with van der Waals surface area (Å²) in [5, 5.41) is 0.649. The van der Waals surface area contributed by atoms with Crippen LogP contribution >= 0.6 is 27.5 Å². The van der Waals surface area contributed by atoms with Crippen LogP contribution in [0.15, 0.2) is 22.7 Å². The van der Waals surface area contributed by atoms with Crippen LogP contribution in [0.5, 0.6) is 5.75 Å². The highest BCUT2D eigenvalue weighted by Crippen LogP contribution is 2.28. The van der Waals surface area contributed by atoms with Gasteiger partial charge in [-0.25, -0.2) is 0 Å². The molecule has 0 aliphatic rings. The molecule has 0 aliphatic heterocycles. The molecule has 0 fully saturated rings. The first-order chi connectivity index (χ1) is 8.13. The lowest BCUT2D eigenvalue weighted by Crippen LogP contribution is -2.06. The van der Waals surface area contributed by atoms with Crippen LogP contribution in [0.4, 0.5) is 0 Å². The van der Waals surface area contributed by atoms with E-state index in [4.69, 9.17) is 21.1 Å². The molecule has 0 unspecified atom stereocenters. The second-order valence-corrected chi connectivity index (χ2v) is 4.62. The van der Waals surface area contributed by atoms with Crippen LogP contribution < -0.4 is 4.74 Å². The molecule has 0 bridgehead atoms. The summed E-state index contributed by atoms with van der Waals surface area (Å²) in [5.41, 5.74) is 0. The first-order valence-corrected chi connectivity index (χ1v) is 6.54. The van der Waals surface area contributed by atoms with E-state index in [-0.39, 0.29) is 5.97 Å². The van der Waals surface area contributed by atoms with E-state index in [0.29, 0.717) is 31.1 Å². The minimum absolute atomic E-state index is 0.189. The maximum Gasteiger partial charge on any atom is 0.305 e. The molecule has 3 nitrogen and oxygen atoms in total. The van der Waals surface area contributed by atoms with Crippen LogP contribution in [-0.4, -0.2) is 19.2 Å². The summed E-state index contributed by atoms with van der Waals surface area (Å²) in [6.07, 6.45) is 1.01. The topological polar surface area (TPSA) is 35.5 Å². The van der Waals surface area contributed by atoms with Gasteiger partial charge < -0.3 is 9.47 Å². The van der Waals surface area contributed by atoms with Crippen LogP contribution in [-0.2, 0) is 9.53 Å². The summed E-state index contributed by atoms with van der Waals surface area (Å²) in [6.45, 7) is 2.68. The molecule has 0 N–H and O–H groups in total. The molecule has 0 radical (unpaired) electrons. The van der Waals surface area contributed by atoms with E-state index in [1.807, 2.05) is 0 Å². The Hall–Kier alpha value is -0.740. The maximum atomic E-state index is 11.1. The fraction of sp³-hybridized carbons (Fsp3) is 0.417. The highest BCUT2D eigenvalue weighted by Gasteiger charge is 2.04. The molecule has 0 atom stereocenters. The van der Waals surface area contributed by atoms with Gasteiger partial charge in [-0.05, 0) is 47.5 Å². The second kappa shape index (κ2) is 7.56. The van der Waals surface area contributed by atoms with Crippen molar-refractivity contribution in [2.24, 2.45) is 0 Å². The van der Waals surface area contributed by atoms with Crippen LogP contribution in [0.2, 0.25) is 5.02 Å². The molecular weight excluding hydrogens is 307 g/mol. The predicted molar refractivity (Wildman–Crippen MR) is 70.5 cm³/mol. The van der Waals surface area contributed by atoms with Crippen LogP contribution in [0.1, 0.15) is 19.8 Å². The highest BCUT2D eigenvalue weighted by atomic mass is 79.9. The number of carbonyl (C=O) groups excluding carboxylic acids is 1. The number of hydrogen-bond donors (Lipinski definition) is 0. The van der Waals surface area contributed by atoms with E-state index >= 15 is 0 Å². The number of carbonyl (C=O) groups is 1. The third-order valence-electron chi connectivity index (χ3n) is 1.98. The molecule has 0 heterocycles. The van der Waals surface area contributed by atoms with Crippen LogP contribution in [0.25, 0.3) is 0 Å². The van der Waals surface area contributed by atoms with Gasteiger partial charge >= 0.3 is 5.97 Å². The van der Waals surface area contributed by atoms with Crippen molar-refractivity contribution in [3.05, 3.63) is 27.7 Å². The van der Waals surface area contributed by atoms with Gasteiger partial charge in [0, 0.05) is 11.4 Å². The molecule has 94 valence electrons. The molecular formula is C12H14BrClO3. The quantitative estimate of drug-likeness (QED) is 0.590. The van der Waals surface area contributed by atoms with E-state index in [1.54, 1.807) is 25.1 Å². The first kappa shape index (κ1) is 14.3.